The SMILES string of the molecule is C=C/C(C#Cc1ccc(C(F)(F)C2(c3ccc(F)cc3F)CO2)nc1)=C\N(C)C.CC. The second-order valence-electron chi connectivity index (χ2n) is 6.75. The fourth-order valence-electron chi connectivity index (χ4n) is 2.81. The number of aromatic nitrogens is 1. The van der Waals surface area contributed by atoms with Crippen LogP contribution in [0.4, 0.5) is 17.6 Å². The fourth-order valence-corrected chi connectivity index (χ4v) is 2.81. The molecule has 7 heteroatoms. The molecular formula is C24H24F4N2O. The van der Waals surface area contributed by atoms with Crippen LogP contribution in [0.15, 0.2) is 61.0 Å². The van der Waals surface area contributed by atoms with Gasteiger partial charge in [0, 0.05) is 49.3 Å². The Morgan fingerprint density at radius 3 is 2.39 bits per heavy atom. The molecule has 0 saturated carbocycles. The van der Waals surface area contributed by atoms with E-state index in [9.17, 15) is 8.78 Å². The molecule has 31 heavy (non-hydrogen) atoms. The highest BCUT2D eigenvalue weighted by molar-refractivity contribution is 5.44. The molecule has 0 amide bonds. The van der Waals surface area contributed by atoms with Gasteiger partial charge in [-0.15, -0.1) is 0 Å². The van der Waals surface area contributed by atoms with E-state index in [0.29, 0.717) is 17.2 Å². The molecule has 0 spiro atoms. The van der Waals surface area contributed by atoms with Crippen LogP contribution in [0.3, 0.4) is 0 Å². The largest absolute Gasteiger partial charge is 0.382 e. The number of rotatable bonds is 5. The molecule has 0 N–H and O–H groups in total. The highest BCUT2D eigenvalue weighted by Crippen LogP contribution is 2.56. The van der Waals surface area contributed by atoms with Crippen LogP contribution < -0.4 is 0 Å². The first-order valence-corrected chi connectivity index (χ1v) is 9.66. The number of alkyl halides is 2. The van der Waals surface area contributed by atoms with Crippen LogP contribution >= 0.6 is 0 Å². The second kappa shape index (κ2) is 9.80. The third kappa shape index (κ3) is 5.15. The van der Waals surface area contributed by atoms with Crippen molar-refractivity contribution >= 4 is 0 Å². The summed E-state index contributed by atoms with van der Waals surface area (Å²) in [6, 6.07) is 4.97. The van der Waals surface area contributed by atoms with Crippen LogP contribution in [0.2, 0.25) is 0 Å². The lowest BCUT2D eigenvalue weighted by Gasteiger charge is -2.24. The third-order valence-electron chi connectivity index (χ3n) is 4.36. The molecule has 0 aliphatic carbocycles. The molecule has 1 aromatic heterocycles. The minimum atomic E-state index is -3.62. The summed E-state index contributed by atoms with van der Waals surface area (Å²) in [5, 5.41) is 0. The fraction of sp³-hybridized carbons (Fsp3) is 0.292. The Morgan fingerprint density at radius 2 is 1.90 bits per heavy atom. The Hall–Kier alpha value is -3.11. The molecule has 2 heterocycles. The Bertz CT molecular complexity index is 1010. The third-order valence-corrected chi connectivity index (χ3v) is 4.36. The molecule has 3 nitrogen and oxygen atoms in total. The summed E-state index contributed by atoms with van der Waals surface area (Å²) in [5.74, 6) is 0.137. The maximum Gasteiger partial charge on any atom is 0.324 e. The van der Waals surface area contributed by atoms with Gasteiger partial charge in [0.25, 0.3) is 0 Å². The molecule has 1 aliphatic rings. The number of hydrogen-bond donors (Lipinski definition) is 0. The van der Waals surface area contributed by atoms with Gasteiger partial charge < -0.3 is 9.64 Å². The zero-order chi connectivity index (χ0) is 23.2. The molecule has 0 radical (unpaired) electrons. The van der Waals surface area contributed by atoms with Gasteiger partial charge in [0.1, 0.15) is 17.3 Å². The quantitative estimate of drug-likeness (QED) is 0.275. The van der Waals surface area contributed by atoms with Crippen molar-refractivity contribution in [1.29, 1.82) is 0 Å². The van der Waals surface area contributed by atoms with Crippen molar-refractivity contribution in [2.75, 3.05) is 20.7 Å². The van der Waals surface area contributed by atoms with Crippen LogP contribution in [-0.2, 0) is 16.3 Å². The van der Waals surface area contributed by atoms with Crippen molar-refractivity contribution in [2.24, 2.45) is 0 Å². The summed E-state index contributed by atoms with van der Waals surface area (Å²) in [4.78, 5) is 5.61. The number of hydrogen-bond acceptors (Lipinski definition) is 3. The van der Waals surface area contributed by atoms with E-state index >= 15 is 8.78 Å². The van der Waals surface area contributed by atoms with Crippen molar-refractivity contribution in [1.82, 2.24) is 9.88 Å². The van der Waals surface area contributed by atoms with E-state index < -0.39 is 41.0 Å². The van der Waals surface area contributed by atoms with Crippen LogP contribution in [0, 0.1) is 23.5 Å². The van der Waals surface area contributed by atoms with Gasteiger partial charge >= 0.3 is 5.92 Å². The summed E-state index contributed by atoms with van der Waals surface area (Å²) in [6.45, 7) is 7.27. The van der Waals surface area contributed by atoms with Gasteiger partial charge in [-0.25, -0.2) is 8.78 Å². The number of ether oxygens (including phenoxy) is 1. The Balaban J connectivity index is 0.00000166. The van der Waals surface area contributed by atoms with Gasteiger partial charge in [-0.2, -0.15) is 8.78 Å². The van der Waals surface area contributed by atoms with Gasteiger partial charge in [-0.3, -0.25) is 4.98 Å². The van der Waals surface area contributed by atoms with Crippen LogP contribution in [0.1, 0.15) is 30.7 Å². The van der Waals surface area contributed by atoms with Gasteiger partial charge in [-0.05, 0) is 24.3 Å². The van der Waals surface area contributed by atoms with E-state index in [1.54, 1.807) is 17.2 Å². The first kappa shape index (κ1) is 24.2. The summed E-state index contributed by atoms with van der Waals surface area (Å²) < 4.78 is 62.4. The Morgan fingerprint density at radius 1 is 1.23 bits per heavy atom. The molecule has 1 aliphatic heterocycles. The Labute approximate surface area is 180 Å². The predicted octanol–water partition coefficient (Wildman–Crippen LogP) is 5.39. The van der Waals surface area contributed by atoms with Crippen LogP contribution in [0.25, 0.3) is 0 Å². The lowest BCUT2D eigenvalue weighted by atomic mass is 9.90. The van der Waals surface area contributed by atoms with E-state index in [1.165, 1.54) is 12.3 Å². The minimum absolute atomic E-state index is 0.399. The first-order valence-electron chi connectivity index (χ1n) is 9.66. The standard InChI is InChI=1S/C22H18F4N2O.C2H6/c1-4-15(13-28(2)3)5-6-16-7-10-20(27-12-16)22(25,26)21(14-29-21)18-9-8-17(23)11-19(18)24;1-2/h4,7-13H,1,14H2,2-3H3;1-2H3/b15-13+;. The van der Waals surface area contributed by atoms with Gasteiger partial charge in [-0.1, -0.05) is 38.3 Å². The average Bonchev–Trinajstić information content (AvgIpc) is 3.55. The zero-order valence-electron chi connectivity index (χ0n) is 17.8. The first-order chi connectivity index (χ1) is 14.7. The number of epoxide rings is 1. The lowest BCUT2D eigenvalue weighted by Crippen LogP contribution is -2.34. The molecule has 1 atom stereocenters. The number of pyridine rings is 1. The summed E-state index contributed by atoms with van der Waals surface area (Å²) in [5.41, 5.74) is -2.11. The molecule has 1 fully saturated rings. The number of nitrogens with zero attached hydrogens (tertiary/aromatic N) is 2. The Kier molecular flexibility index (Phi) is 7.64. The number of allylic oxidation sites excluding steroid dienone is 2. The maximum absolute atomic E-state index is 15.1. The monoisotopic (exact) mass is 432 g/mol. The van der Waals surface area contributed by atoms with E-state index in [4.69, 9.17) is 4.74 Å². The molecule has 0 bridgehead atoms. The van der Waals surface area contributed by atoms with Crippen molar-refractivity contribution in [3.05, 3.63) is 89.4 Å². The summed E-state index contributed by atoms with van der Waals surface area (Å²) in [7, 11) is 3.67. The smallest absolute Gasteiger partial charge is 0.324 e. The highest BCUT2D eigenvalue weighted by Gasteiger charge is 2.68. The molecule has 3 rings (SSSR count). The minimum Gasteiger partial charge on any atom is -0.382 e. The van der Waals surface area contributed by atoms with Gasteiger partial charge in [0.05, 0.1) is 6.61 Å². The molecule has 1 saturated heterocycles. The normalized spacial score (nSPS) is 17.6. The molecule has 1 aromatic carbocycles. The summed E-state index contributed by atoms with van der Waals surface area (Å²) in [6.07, 6.45) is 4.56. The van der Waals surface area contributed by atoms with Crippen LogP contribution in [-0.4, -0.2) is 30.6 Å². The molecule has 1 unspecified atom stereocenters. The van der Waals surface area contributed by atoms with E-state index in [2.05, 4.69) is 23.4 Å². The highest BCUT2D eigenvalue weighted by atomic mass is 19.3. The number of halogens is 4. The van der Waals surface area contributed by atoms with Gasteiger partial charge in [0.15, 0.2) is 5.60 Å². The zero-order valence-corrected chi connectivity index (χ0v) is 17.8. The van der Waals surface area contributed by atoms with Crippen molar-refractivity contribution < 1.29 is 22.3 Å². The van der Waals surface area contributed by atoms with E-state index in [-0.39, 0.29) is 0 Å². The van der Waals surface area contributed by atoms with Gasteiger partial charge in [0.2, 0.25) is 0 Å². The lowest BCUT2D eigenvalue weighted by molar-refractivity contribution is -0.0901. The predicted molar refractivity (Wildman–Crippen MR) is 112 cm³/mol. The van der Waals surface area contributed by atoms with Crippen molar-refractivity contribution in [2.45, 2.75) is 25.4 Å². The van der Waals surface area contributed by atoms with E-state index in [0.717, 1.165) is 18.2 Å². The average molecular weight is 432 g/mol. The molecular weight excluding hydrogens is 408 g/mol. The molecule has 164 valence electrons. The summed E-state index contributed by atoms with van der Waals surface area (Å²) >= 11 is 0. The topological polar surface area (TPSA) is 28.7 Å². The van der Waals surface area contributed by atoms with Crippen LogP contribution in [0.5, 0.6) is 0 Å². The molecule has 2 aromatic rings. The van der Waals surface area contributed by atoms with Crippen molar-refractivity contribution in [3.8, 4) is 11.8 Å². The van der Waals surface area contributed by atoms with Crippen molar-refractivity contribution in [3.63, 3.8) is 0 Å². The second-order valence-corrected chi connectivity index (χ2v) is 6.75. The van der Waals surface area contributed by atoms with E-state index in [1.807, 2.05) is 27.9 Å². The maximum atomic E-state index is 15.1. The number of benzene rings is 1.